The summed E-state index contributed by atoms with van der Waals surface area (Å²) in [5.41, 5.74) is 0.00494. The molecular weight excluding hydrogens is 386 g/mol. The minimum absolute atomic E-state index is 0.00170. The number of rotatable bonds is 5. The number of urea groups is 1. The molecule has 1 aliphatic rings. The number of hydrogen-bond acceptors (Lipinski definition) is 6. The largest absolute Gasteiger partial charge is 0.449 e. The predicted molar refractivity (Wildman–Crippen MR) is 101 cm³/mol. The molecular formula is C18H25N3O6S. The lowest BCUT2D eigenvalue weighted by Crippen LogP contribution is -2.43. The van der Waals surface area contributed by atoms with Crippen molar-refractivity contribution in [2.75, 3.05) is 13.6 Å². The standard InChI is InChI=1S/C18H25N3O6S/c1-12-7-4-5-10-21(12)28(25,26)15-9-6-8-14(11-15)17(23)27-13(2)16(22)20-18(24)19-3/h6,8-9,11-13H,4-5,7,10H2,1-3H3,(H2,19,20,22,24)/t12-,13-/m0/s1. The molecule has 1 aliphatic heterocycles. The van der Waals surface area contributed by atoms with Crippen LogP contribution in [0.25, 0.3) is 0 Å². The average Bonchev–Trinajstić information content (AvgIpc) is 2.67. The van der Waals surface area contributed by atoms with E-state index in [4.69, 9.17) is 4.74 Å². The highest BCUT2D eigenvalue weighted by atomic mass is 32.2. The summed E-state index contributed by atoms with van der Waals surface area (Å²) in [6.07, 6.45) is 1.34. The molecule has 154 valence electrons. The van der Waals surface area contributed by atoms with Crippen LogP contribution in [0.4, 0.5) is 4.79 Å². The lowest BCUT2D eigenvalue weighted by atomic mass is 10.1. The Kier molecular flexibility index (Phi) is 7.14. The Balaban J connectivity index is 2.14. The second-order valence-corrected chi connectivity index (χ2v) is 8.49. The van der Waals surface area contributed by atoms with Gasteiger partial charge in [-0.3, -0.25) is 10.1 Å². The number of benzene rings is 1. The Morgan fingerprint density at radius 2 is 1.96 bits per heavy atom. The van der Waals surface area contributed by atoms with Crippen LogP contribution in [-0.4, -0.2) is 56.4 Å². The van der Waals surface area contributed by atoms with Gasteiger partial charge in [-0.2, -0.15) is 4.31 Å². The van der Waals surface area contributed by atoms with E-state index in [2.05, 4.69) is 5.32 Å². The number of carbonyl (C=O) groups is 3. The number of carbonyl (C=O) groups excluding carboxylic acids is 3. The Labute approximate surface area is 164 Å². The van der Waals surface area contributed by atoms with Crippen LogP contribution in [-0.2, 0) is 19.6 Å². The molecule has 9 nitrogen and oxygen atoms in total. The van der Waals surface area contributed by atoms with E-state index in [1.165, 1.54) is 42.5 Å². The number of hydrogen-bond donors (Lipinski definition) is 2. The van der Waals surface area contributed by atoms with Crippen LogP contribution in [0.15, 0.2) is 29.2 Å². The summed E-state index contributed by atoms with van der Waals surface area (Å²) in [6.45, 7) is 3.61. The van der Waals surface area contributed by atoms with Gasteiger partial charge in [0.25, 0.3) is 5.91 Å². The van der Waals surface area contributed by atoms with Crippen LogP contribution in [0.5, 0.6) is 0 Å². The molecule has 1 fully saturated rings. The molecule has 1 heterocycles. The molecule has 0 bridgehead atoms. The first kappa shape index (κ1) is 21.8. The van der Waals surface area contributed by atoms with E-state index in [-0.39, 0.29) is 16.5 Å². The van der Waals surface area contributed by atoms with E-state index in [1.807, 2.05) is 12.2 Å². The number of nitrogens with one attached hydrogen (secondary N) is 2. The molecule has 28 heavy (non-hydrogen) atoms. The SMILES string of the molecule is CNC(=O)NC(=O)[C@H](C)OC(=O)c1cccc(S(=O)(=O)N2CCCC[C@@H]2C)c1. The summed E-state index contributed by atoms with van der Waals surface area (Å²) in [5, 5.41) is 4.21. The van der Waals surface area contributed by atoms with Crippen LogP contribution in [0.2, 0.25) is 0 Å². The van der Waals surface area contributed by atoms with Gasteiger partial charge in [0.05, 0.1) is 10.5 Å². The van der Waals surface area contributed by atoms with Gasteiger partial charge in [0.15, 0.2) is 6.10 Å². The summed E-state index contributed by atoms with van der Waals surface area (Å²) >= 11 is 0. The molecule has 0 unspecified atom stereocenters. The minimum Gasteiger partial charge on any atom is -0.449 e. The number of amides is 3. The van der Waals surface area contributed by atoms with Crippen LogP contribution >= 0.6 is 0 Å². The van der Waals surface area contributed by atoms with Gasteiger partial charge in [-0.1, -0.05) is 12.5 Å². The first-order valence-electron chi connectivity index (χ1n) is 9.02. The van der Waals surface area contributed by atoms with Gasteiger partial charge in [0.2, 0.25) is 10.0 Å². The van der Waals surface area contributed by atoms with Crippen molar-refractivity contribution >= 4 is 27.9 Å². The number of esters is 1. The van der Waals surface area contributed by atoms with Crippen molar-refractivity contribution in [3.8, 4) is 0 Å². The lowest BCUT2D eigenvalue weighted by molar-refractivity contribution is -0.127. The number of imide groups is 1. The molecule has 2 atom stereocenters. The van der Waals surface area contributed by atoms with Crippen molar-refractivity contribution < 1.29 is 27.5 Å². The first-order valence-corrected chi connectivity index (χ1v) is 10.5. The van der Waals surface area contributed by atoms with Gasteiger partial charge in [0, 0.05) is 19.6 Å². The molecule has 0 spiro atoms. The van der Waals surface area contributed by atoms with Crippen molar-refractivity contribution in [1.82, 2.24) is 14.9 Å². The second-order valence-electron chi connectivity index (χ2n) is 6.60. The highest BCUT2D eigenvalue weighted by molar-refractivity contribution is 7.89. The monoisotopic (exact) mass is 411 g/mol. The second kappa shape index (κ2) is 9.16. The number of piperidine rings is 1. The molecule has 2 rings (SSSR count). The van der Waals surface area contributed by atoms with Crippen LogP contribution in [0.1, 0.15) is 43.5 Å². The van der Waals surface area contributed by atoms with E-state index in [0.717, 1.165) is 19.3 Å². The van der Waals surface area contributed by atoms with Gasteiger partial charge >= 0.3 is 12.0 Å². The third-order valence-corrected chi connectivity index (χ3v) is 6.54. The number of sulfonamides is 1. The zero-order valence-corrected chi connectivity index (χ0v) is 16.9. The van der Waals surface area contributed by atoms with Gasteiger partial charge in [-0.05, 0) is 44.9 Å². The minimum atomic E-state index is -3.74. The van der Waals surface area contributed by atoms with E-state index in [0.29, 0.717) is 6.54 Å². The van der Waals surface area contributed by atoms with Crippen molar-refractivity contribution in [1.29, 1.82) is 0 Å². The average molecular weight is 411 g/mol. The summed E-state index contributed by atoms with van der Waals surface area (Å²) in [7, 11) is -2.40. The zero-order valence-electron chi connectivity index (χ0n) is 16.1. The maximum Gasteiger partial charge on any atom is 0.338 e. The fourth-order valence-corrected chi connectivity index (χ4v) is 4.65. The highest BCUT2D eigenvalue weighted by Gasteiger charge is 2.31. The van der Waals surface area contributed by atoms with Crippen molar-refractivity contribution in [2.24, 2.45) is 0 Å². The Hall–Kier alpha value is -2.46. The Bertz CT molecular complexity index is 855. The highest BCUT2D eigenvalue weighted by Crippen LogP contribution is 2.25. The number of nitrogens with zero attached hydrogens (tertiary/aromatic N) is 1. The molecule has 1 saturated heterocycles. The van der Waals surface area contributed by atoms with Gasteiger partial charge in [-0.25, -0.2) is 18.0 Å². The van der Waals surface area contributed by atoms with Crippen LogP contribution in [0.3, 0.4) is 0 Å². The summed E-state index contributed by atoms with van der Waals surface area (Å²) in [6, 6.07) is 4.69. The third kappa shape index (κ3) is 5.08. The van der Waals surface area contributed by atoms with E-state index in [1.54, 1.807) is 0 Å². The zero-order chi connectivity index (χ0) is 20.9. The quantitative estimate of drug-likeness (QED) is 0.703. The molecule has 2 N–H and O–H groups in total. The fourth-order valence-electron chi connectivity index (χ4n) is 2.91. The maximum absolute atomic E-state index is 12.9. The van der Waals surface area contributed by atoms with Gasteiger partial charge in [-0.15, -0.1) is 0 Å². The smallest absolute Gasteiger partial charge is 0.338 e. The molecule has 0 radical (unpaired) electrons. The maximum atomic E-state index is 12.9. The van der Waals surface area contributed by atoms with Crippen molar-refractivity contribution in [3.05, 3.63) is 29.8 Å². The molecule has 0 saturated carbocycles. The molecule has 0 aliphatic carbocycles. The summed E-state index contributed by atoms with van der Waals surface area (Å²) in [4.78, 5) is 35.3. The predicted octanol–water partition coefficient (Wildman–Crippen LogP) is 1.25. The molecule has 0 aromatic heterocycles. The van der Waals surface area contributed by atoms with Gasteiger partial charge in [0.1, 0.15) is 0 Å². The topological polar surface area (TPSA) is 122 Å². The Morgan fingerprint density at radius 3 is 2.61 bits per heavy atom. The lowest BCUT2D eigenvalue weighted by Gasteiger charge is -2.32. The Morgan fingerprint density at radius 1 is 1.25 bits per heavy atom. The third-order valence-electron chi connectivity index (χ3n) is 4.54. The van der Waals surface area contributed by atoms with Crippen LogP contribution in [0, 0.1) is 0 Å². The molecule has 10 heteroatoms. The summed E-state index contributed by atoms with van der Waals surface area (Å²) < 4.78 is 32.3. The van der Waals surface area contributed by atoms with Gasteiger partial charge < -0.3 is 10.1 Å². The molecule has 1 aromatic rings. The normalized spacial score (nSPS) is 18.8. The van der Waals surface area contributed by atoms with E-state index >= 15 is 0 Å². The molecule has 1 aromatic carbocycles. The van der Waals surface area contributed by atoms with Crippen molar-refractivity contribution in [3.63, 3.8) is 0 Å². The molecule has 3 amide bonds. The van der Waals surface area contributed by atoms with E-state index < -0.39 is 34.0 Å². The fraction of sp³-hybridized carbons (Fsp3) is 0.500. The van der Waals surface area contributed by atoms with E-state index in [9.17, 15) is 22.8 Å². The summed E-state index contributed by atoms with van der Waals surface area (Å²) in [5.74, 6) is -1.65. The first-order chi connectivity index (χ1) is 13.2. The van der Waals surface area contributed by atoms with Crippen LogP contribution < -0.4 is 10.6 Å². The van der Waals surface area contributed by atoms with Crippen molar-refractivity contribution in [2.45, 2.75) is 50.2 Å². The number of ether oxygens (including phenoxy) is 1.